The van der Waals surface area contributed by atoms with E-state index >= 15 is 0 Å². The molecule has 0 unspecified atom stereocenters. The van der Waals surface area contributed by atoms with Crippen molar-refractivity contribution in [2.45, 2.75) is 30.5 Å². The number of carbonyl (C=O) groups is 2. The van der Waals surface area contributed by atoms with E-state index in [4.69, 9.17) is 4.74 Å². The van der Waals surface area contributed by atoms with Gasteiger partial charge in [-0.2, -0.15) is 9.61 Å². The first-order valence-electron chi connectivity index (χ1n) is 8.96. The number of benzene rings is 1. The smallest absolute Gasteiger partial charge is 0.319 e. The molecule has 1 aromatic carbocycles. The first-order valence-corrected chi connectivity index (χ1v) is 9.84. The maximum Gasteiger partial charge on any atom is 0.319 e. The zero-order valence-corrected chi connectivity index (χ0v) is 16.5. The van der Waals surface area contributed by atoms with E-state index in [0.717, 1.165) is 0 Å². The summed E-state index contributed by atoms with van der Waals surface area (Å²) in [5.74, 6) is 0.221. The molecular weight excluding hydrogens is 378 g/mol. The predicted molar refractivity (Wildman–Crippen MR) is 105 cm³/mol. The van der Waals surface area contributed by atoms with Gasteiger partial charge in [-0.3, -0.25) is 9.59 Å². The summed E-state index contributed by atoms with van der Waals surface area (Å²) in [6.07, 6.45) is 0.480. The van der Waals surface area contributed by atoms with Crippen molar-refractivity contribution in [3.8, 4) is 0 Å². The van der Waals surface area contributed by atoms with E-state index in [0.29, 0.717) is 41.6 Å². The zero-order valence-electron chi connectivity index (χ0n) is 15.7. The van der Waals surface area contributed by atoms with Crippen LogP contribution in [0, 0.1) is 0 Å². The van der Waals surface area contributed by atoms with Crippen LogP contribution in [0.2, 0.25) is 0 Å². The quantitative estimate of drug-likeness (QED) is 0.458. The Bertz CT molecular complexity index is 961. The fourth-order valence-electron chi connectivity index (χ4n) is 2.50. The number of amides is 1. The Balaban J connectivity index is 1.64. The van der Waals surface area contributed by atoms with Crippen molar-refractivity contribution in [1.29, 1.82) is 0 Å². The average Bonchev–Trinajstić information content (AvgIpc) is 3.11. The highest BCUT2D eigenvalue weighted by Crippen LogP contribution is 2.22. The number of hydrogen-bond donors (Lipinski definition) is 1. The van der Waals surface area contributed by atoms with E-state index in [1.807, 2.05) is 18.2 Å². The van der Waals surface area contributed by atoms with Crippen LogP contribution in [0.3, 0.4) is 0 Å². The monoisotopic (exact) mass is 399 g/mol. The Morgan fingerprint density at radius 2 is 1.96 bits per heavy atom. The first kappa shape index (κ1) is 19.8. The average molecular weight is 399 g/mol. The van der Waals surface area contributed by atoms with E-state index in [2.05, 4.69) is 20.6 Å². The minimum atomic E-state index is -0.366. The number of hydrogen-bond acceptors (Lipinski definition) is 7. The molecule has 0 fully saturated rings. The highest BCUT2D eigenvalue weighted by molar-refractivity contribution is 8.00. The molecule has 2 aromatic heterocycles. The molecule has 0 aliphatic heterocycles. The molecule has 3 rings (SSSR count). The van der Waals surface area contributed by atoms with Crippen LogP contribution in [0.4, 0.5) is 0 Å². The number of aromatic nitrogens is 4. The van der Waals surface area contributed by atoms with Crippen molar-refractivity contribution in [2.24, 2.45) is 0 Å². The molecule has 0 spiro atoms. The number of nitrogens with one attached hydrogen (secondary N) is 1. The molecule has 1 amide bonds. The van der Waals surface area contributed by atoms with Crippen LogP contribution in [0.25, 0.3) is 5.65 Å². The summed E-state index contributed by atoms with van der Waals surface area (Å²) in [6.45, 7) is 4.31. The largest absolute Gasteiger partial charge is 0.465 e. The second-order valence-electron chi connectivity index (χ2n) is 5.94. The highest BCUT2D eigenvalue weighted by atomic mass is 32.2. The van der Waals surface area contributed by atoms with E-state index in [1.165, 1.54) is 11.8 Å². The summed E-state index contributed by atoms with van der Waals surface area (Å²) >= 11 is 1.31. The number of fused-ring (bicyclic) bond motifs is 1. The summed E-state index contributed by atoms with van der Waals surface area (Å²) in [5.41, 5.74) is 1.22. The molecule has 8 nitrogen and oxygen atoms in total. The molecule has 9 heteroatoms. The molecule has 0 radical (unpaired) electrons. The minimum Gasteiger partial charge on any atom is -0.465 e. The lowest BCUT2D eigenvalue weighted by molar-refractivity contribution is -0.142. The summed E-state index contributed by atoms with van der Waals surface area (Å²) in [4.78, 5) is 23.9. The van der Waals surface area contributed by atoms with Gasteiger partial charge in [-0.15, -0.1) is 10.2 Å². The maximum atomic E-state index is 12.1. The molecule has 0 aliphatic rings. The lowest BCUT2D eigenvalue weighted by Crippen LogP contribution is -2.26. The molecule has 28 heavy (non-hydrogen) atoms. The predicted octanol–water partition coefficient (Wildman–Crippen LogP) is 2.14. The van der Waals surface area contributed by atoms with Crippen LogP contribution in [0.1, 0.15) is 30.0 Å². The Kier molecular flexibility index (Phi) is 6.59. The van der Waals surface area contributed by atoms with Crippen LogP contribution in [-0.2, 0) is 16.0 Å². The summed E-state index contributed by atoms with van der Waals surface area (Å²) in [5, 5.41) is 15.9. The molecule has 0 bridgehead atoms. The molecule has 0 saturated carbocycles. The van der Waals surface area contributed by atoms with Crippen molar-refractivity contribution >= 4 is 29.3 Å². The second-order valence-corrected chi connectivity index (χ2v) is 7.30. The third kappa shape index (κ3) is 4.86. The van der Waals surface area contributed by atoms with E-state index in [-0.39, 0.29) is 17.1 Å². The molecule has 146 valence electrons. The van der Waals surface area contributed by atoms with Crippen LogP contribution < -0.4 is 5.32 Å². The zero-order chi connectivity index (χ0) is 19.9. The highest BCUT2D eigenvalue weighted by Gasteiger charge is 2.17. The fraction of sp³-hybridized carbons (Fsp3) is 0.316. The Morgan fingerprint density at radius 3 is 2.71 bits per heavy atom. The second kappa shape index (κ2) is 9.32. The minimum absolute atomic E-state index is 0.137. The Morgan fingerprint density at radius 1 is 1.18 bits per heavy atom. The standard InChI is InChI=1S/C19H21N5O3S/c1-3-27-19(26)13(2)28-17-10-9-15-21-22-16(24(15)23-17)11-12-20-18(25)14-7-5-4-6-8-14/h4-10,13H,3,11-12H2,1-2H3,(H,20,25)/t13-/m0/s1. The van der Waals surface area contributed by atoms with Crippen molar-refractivity contribution in [3.63, 3.8) is 0 Å². The normalized spacial score (nSPS) is 11.9. The van der Waals surface area contributed by atoms with Crippen molar-refractivity contribution in [3.05, 3.63) is 53.9 Å². The van der Waals surface area contributed by atoms with Gasteiger partial charge in [0.05, 0.1) is 6.61 Å². The maximum absolute atomic E-state index is 12.1. The third-order valence-corrected chi connectivity index (χ3v) is 4.89. The fourth-order valence-corrected chi connectivity index (χ4v) is 3.31. The van der Waals surface area contributed by atoms with Crippen LogP contribution >= 0.6 is 11.8 Å². The topological polar surface area (TPSA) is 98.5 Å². The van der Waals surface area contributed by atoms with Crippen LogP contribution in [0.15, 0.2) is 47.5 Å². The van der Waals surface area contributed by atoms with Gasteiger partial charge in [-0.1, -0.05) is 30.0 Å². The van der Waals surface area contributed by atoms with Gasteiger partial charge in [0.25, 0.3) is 5.91 Å². The van der Waals surface area contributed by atoms with E-state index in [1.54, 1.807) is 42.6 Å². The molecule has 0 aliphatic carbocycles. The number of ether oxygens (including phenoxy) is 1. The van der Waals surface area contributed by atoms with Crippen molar-refractivity contribution in [1.82, 2.24) is 25.1 Å². The molecule has 0 saturated heterocycles. The number of thioether (sulfide) groups is 1. The van der Waals surface area contributed by atoms with Crippen molar-refractivity contribution in [2.75, 3.05) is 13.2 Å². The van der Waals surface area contributed by atoms with Crippen LogP contribution in [0.5, 0.6) is 0 Å². The molecular formula is C19H21N5O3S. The van der Waals surface area contributed by atoms with Gasteiger partial charge in [-0.25, -0.2) is 0 Å². The van der Waals surface area contributed by atoms with Gasteiger partial charge in [0.15, 0.2) is 11.5 Å². The number of nitrogens with zero attached hydrogens (tertiary/aromatic N) is 4. The van der Waals surface area contributed by atoms with E-state index < -0.39 is 0 Å². The van der Waals surface area contributed by atoms with Gasteiger partial charge in [0, 0.05) is 18.5 Å². The molecule has 3 aromatic rings. The van der Waals surface area contributed by atoms with Gasteiger partial charge in [-0.05, 0) is 38.1 Å². The summed E-state index contributed by atoms with van der Waals surface area (Å²) in [7, 11) is 0. The van der Waals surface area contributed by atoms with Gasteiger partial charge in [0.2, 0.25) is 0 Å². The van der Waals surface area contributed by atoms with Gasteiger partial charge in [0.1, 0.15) is 10.3 Å². The number of esters is 1. The lowest BCUT2D eigenvalue weighted by atomic mass is 10.2. The van der Waals surface area contributed by atoms with Gasteiger partial charge >= 0.3 is 5.97 Å². The van der Waals surface area contributed by atoms with Crippen molar-refractivity contribution < 1.29 is 14.3 Å². The third-order valence-electron chi connectivity index (χ3n) is 3.89. The van der Waals surface area contributed by atoms with Gasteiger partial charge < -0.3 is 10.1 Å². The Hall–Kier alpha value is -2.94. The molecule has 2 heterocycles. The molecule has 1 N–H and O–H groups in total. The molecule has 1 atom stereocenters. The lowest BCUT2D eigenvalue weighted by Gasteiger charge is -2.09. The van der Waals surface area contributed by atoms with Crippen LogP contribution in [-0.4, -0.2) is 50.1 Å². The first-order chi connectivity index (χ1) is 13.6. The van der Waals surface area contributed by atoms with E-state index in [9.17, 15) is 9.59 Å². The summed E-state index contributed by atoms with van der Waals surface area (Å²) < 4.78 is 6.66. The Labute approximate surface area is 166 Å². The SMILES string of the molecule is CCOC(=O)[C@H](C)Sc1ccc2nnc(CCNC(=O)c3ccccc3)n2n1. The summed E-state index contributed by atoms with van der Waals surface area (Å²) in [6, 6.07) is 12.6. The number of carbonyl (C=O) groups excluding carboxylic acids is 2. The number of rotatable bonds is 8.